The number of hydrogen-bond donors (Lipinski definition) is 1. The van der Waals surface area contributed by atoms with Crippen LogP contribution in [0, 0.1) is 6.92 Å². The first-order valence-electron chi connectivity index (χ1n) is 6.65. The van der Waals surface area contributed by atoms with Gasteiger partial charge in [-0.05, 0) is 31.2 Å². The zero-order valence-corrected chi connectivity index (χ0v) is 11.6. The van der Waals surface area contributed by atoms with Crippen LogP contribution in [0.15, 0.2) is 40.8 Å². The molecule has 0 saturated heterocycles. The highest BCUT2D eigenvalue weighted by Gasteiger charge is 2.41. The fourth-order valence-corrected chi connectivity index (χ4v) is 2.47. The van der Waals surface area contributed by atoms with Crippen molar-refractivity contribution in [3.8, 4) is 0 Å². The van der Waals surface area contributed by atoms with Crippen LogP contribution in [0.4, 0.5) is 18.9 Å². The molecule has 7 heteroatoms. The van der Waals surface area contributed by atoms with Gasteiger partial charge in [-0.25, -0.2) is 0 Å². The predicted octanol–water partition coefficient (Wildman–Crippen LogP) is 3.72. The van der Waals surface area contributed by atoms with Crippen molar-refractivity contribution < 1.29 is 22.4 Å². The zero-order valence-electron chi connectivity index (χ0n) is 11.6. The van der Waals surface area contributed by atoms with Gasteiger partial charge in [0.1, 0.15) is 18.1 Å². The molecule has 0 radical (unpaired) electrons. The number of aryl methyl sites for hydroxylation is 1. The van der Waals surface area contributed by atoms with E-state index in [4.69, 9.17) is 4.42 Å². The lowest BCUT2D eigenvalue weighted by atomic mass is 10.1. The quantitative estimate of drug-likeness (QED) is 0.919. The Morgan fingerprint density at radius 3 is 2.59 bits per heavy atom. The van der Waals surface area contributed by atoms with Gasteiger partial charge in [-0.2, -0.15) is 13.2 Å². The second kappa shape index (κ2) is 5.08. The van der Waals surface area contributed by atoms with Crippen molar-refractivity contribution >= 4 is 11.6 Å². The number of carbonyl (C=O) groups is 1. The third-order valence-electron chi connectivity index (χ3n) is 3.40. The Morgan fingerprint density at radius 1 is 1.23 bits per heavy atom. The Kier molecular flexibility index (Phi) is 3.35. The monoisotopic (exact) mass is 310 g/mol. The number of halogens is 3. The first-order chi connectivity index (χ1) is 10.3. The molecule has 0 bridgehead atoms. The molecule has 116 valence electrons. The number of rotatable bonds is 2. The fourth-order valence-electron chi connectivity index (χ4n) is 2.47. The van der Waals surface area contributed by atoms with Crippen LogP contribution in [0.5, 0.6) is 0 Å². The van der Waals surface area contributed by atoms with Crippen molar-refractivity contribution in [3.05, 3.63) is 53.5 Å². The molecule has 1 N–H and O–H groups in total. The number of hydrogen-bond acceptors (Lipinski definition) is 3. The normalized spacial score (nSPS) is 18.1. The van der Waals surface area contributed by atoms with Gasteiger partial charge in [0.2, 0.25) is 0 Å². The maximum Gasteiger partial charge on any atom is 0.406 e. The summed E-state index contributed by atoms with van der Waals surface area (Å²) in [5.41, 5.74) is 0.705. The van der Waals surface area contributed by atoms with Crippen LogP contribution in [-0.4, -0.2) is 23.5 Å². The van der Waals surface area contributed by atoms with Gasteiger partial charge < -0.3 is 14.6 Å². The molecule has 0 unspecified atom stereocenters. The smallest absolute Gasteiger partial charge is 0.406 e. The molecule has 1 atom stereocenters. The molecule has 0 saturated carbocycles. The summed E-state index contributed by atoms with van der Waals surface area (Å²) in [5, 5.41) is 2.94. The summed E-state index contributed by atoms with van der Waals surface area (Å²) in [4.78, 5) is 13.2. The van der Waals surface area contributed by atoms with Crippen molar-refractivity contribution in [2.24, 2.45) is 0 Å². The average molecular weight is 310 g/mol. The van der Waals surface area contributed by atoms with Gasteiger partial charge in [-0.3, -0.25) is 4.79 Å². The lowest BCUT2D eigenvalue weighted by molar-refractivity contribution is -0.144. The molecule has 2 heterocycles. The van der Waals surface area contributed by atoms with Crippen molar-refractivity contribution in [1.29, 1.82) is 0 Å². The van der Waals surface area contributed by atoms with Crippen LogP contribution < -0.4 is 5.32 Å². The number of nitrogens with zero attached hydrogens (tertiary/aromatic N) is 1. The minimum atomic E-state index is -4.50. The van der Waals surface area contributed by atoms with E-state index in [0.717, 1.165) is 4.90 Å². The molecular weight excluding hydrogens is 297 g/mol. The van der Waals surface area contributed by atoms with Crippen LogP contribution in [0.3, 0.4) is 0 Å². The molecule has 1 aliphatic heterocycles. The largest absolute Gasteiger partial charge is 0.462 e. The van der Waals surface area contributed by atoms with E-state index in [0.29, 0.717) is 11.4 Å². The second-order valence-corrected chi connectivity index (χ2v) is 5.09. The summed E-state index contributed by atoms with van der Waals surface area (Å²) in [7, 11) is 0. The number of benzene rings is 1. The highest BCUT2D eigenvalue weighted by molar-refractivity contribution is 6.01. The maximum atomic E-state index is 12.8. The van der Waals surface area contributed by atoms with Crippen LogP contribution >= 0.6 is 0 Å². The number of fused-ring (bicyclic) bond motifs is 1. The van der Waals surface area contributed by atoms with Gasteiger partial charge in [0.15, 0.2) is 6.17 Å². The molecule has 1 aromatic heterocycles. The highest BCUT2D eigenvalue weighted by atomic mass is 19.4. The fraction of sp³-hybridized carbons (Fsp3) is 0.267. The van der Waals surface area contributed by atoms with E-state index in [1.807, 2.05) is 0 Å². The minimum Gasteiger partial charge on any atom is -0.462 e. The van der Waals surface area contributed by atoms with E-state index in [1.165, 1.54) is 6.07 Å². The molecule has 0 fully saturated rings. The summed E-state index contributed by atoms with van der Waals surface area (Å²) in [6.45, 7) is 0.341. The van der Waals surface area contributed by atoms with E-state index in [1.54, 1.807) is 37.3 Å². The standard InChI is InChI=1S/C15H13F3N2O2/c1-9-6-7-12(22-9)13-19-11-5-3-2-4-10(11)14(21)20(13)8-15(16,17)18/h2-7,13,19H,8H2,1H3/t13-/m0/s1. The first-order valence-corrected chi connectivity index (χ1v) is 6.65. The van der Waals surface area contributed by atoms with Gasteiger partial charge in [0, 0.05) is 5.69 Å². The Balaban J connectivity index is 2.04. The number of para-hydroxylation sites is 1. The van der Waals surface area contributed by atoms with Crippen LogP contribution in [0.2, 0.25) is 0 Å². The zero-order chi connectivity index (χ0) is 15.9. The number of alkyl halides is 3. The molecule has 0 aliphatic carbocycles. The molecular formula is C15H13F3N2O2. The predicted molar refractivity (Wildman–Crippen MR) is 73.3 cm³/mol. The maximum absolute atomic E-state index is 12.8. The summed E-state index contributed by atoms with van der Waals surface area (Å²) < 4.78 is 43.9. The molecule has 1 aliphatic rings. The average Bonchev–Trinajstić information content (AvgIpc) is 2.87. The number of furan rings is 1. The third kappa shape index (κ3) is 2.66. The Labute approximate surface area is 124 Å². The number of amides is 1. The molecule has 22 heavy (non-hydrogen) atoms. The Hall–Kier alpha value is -2.44. The number of anilines is 1. The summed E-state index contributed by atoms with van der Waals surface area (Å²) in [5.74, 6) is 0.158. The van der Waals surface area contributed by atoms with E-state index in [9.17, 15) is 18.0 Å². The van der Waals surface area contributed by atoms with Gasteiger partial charge in [0.05, 0.1) is 5.56 Å². The SMILES string of the molecule is Cc1ccc([C@H]2Nc3ccccc3C(=O)N2CC(F)(F)F)o1. The lowest BCUT2D eigenvalue weighted by Crippen LogP contribution is -2.47. The molecule has 4 nitrogen and oxygen atoms in total. The van der Waals surface area contributed by atoms with E-state index in [-0.39, 0.29) is 11.3 Å². The van der Waals surface area contributed by atoms with Crippen LogP contribution in [0.1, 0.15) is 28.0 Å². The lowest BCUT2D eigenvalue weighted by Gasteiger charge is -2.37. The topological polar surface area (TPSA) is 45.5 Å². The van der Waals surface area contributed by atoms with Crippen molar-refractivity contribution in [2.45, 2.75) is 19.3 Å². The molecule has 1 amide bonds. The molecule has 1 aromatic carbocycles. The van der Waals surface area contributed by atoms with Crippen molar-refractivity contribution in [3.63, 3.8) is 0 Å². The summed E-state index contributed by atoms with van der Waals surface area (Å²) >= 11 is 0. The minimum absolute atomic E-state index is 0.214. The summed E-state index contributed by atoms with van der Waals surface area (Å²) in [6, 6.07) is 9.69. The van der Waals surface area contributed by atoms with E-state index in [2.05, 4.69) is 5.32 Å². The van der Waals surface area contributed by atoms with Gasteiger partial charge in [-0.1, -0.05) is 12.1 Å². The second-order valence-electron chi connectivity index (χ2n) is 5.09. The molecule has 2 aromatic rings. The van der Waals surface area contributed by atoms with Gasteiger partial charge in [-0.15, -0.1) is 0 Å². The summed E-state index contributed by atoms with van der Waals surface area (Å²) in [6.07, 6.45) is -5.48. The highest BCUT2D eigenvalue weighted by Crippen LogP contribution is 2.35. The first kappa shape index (κ1) is 14.5. The Morgan fingerprint density at radius 2 is 1.95 bits per heavy atom. The van der Waals surface area contributed by atoms with Crippen LogP contribution in [-0.2, 0) is 0 Å². The number of carbonyl (C=O) groups excluding carboxylic acids is 1. The van der Waals surface area contributed by atoms with Crippen molar-refractivity contribution in [1.82, 2.24) is 4.90 Å². The number of nitrogens with one attached hydrogen (secondary N) is 1. The van der Waals surface area contributed by atoms with Crippen LogP contribution in [0.25, 0.3) is 0 Å². The van der Waals surface area contributed by atoms with Gasteiger partial charge >= 0.3 is 6.18 Å². The van der Waals surface area contributed by atoms with Crippen molar-refractivity contribution in [2.75, 3.05) is 11.9 Å². The van der Waals surface area contributed by atoms with E-state index >= 15 is 0 Å². The molecule has 0 spiro atoms. The van der Waals surface area contributed by atoms with E-state index < -0.39 is 24.8 Å². The third-order valence-corrected chi connectivity index (χ3v) is 3.40. The van der Waals surface area contributed by atoms with Gasteiger partial charge in [0.25, 0.3) is 5.91 Å². The molecule has 3 rings (SSSR count). The Bertz CT molecular complexity index is 709.